The molecule has 1 N–H and O–H groups in total. The lowest BCUT2D eigenvalue weighted by Gasteiger charge is -2.11. The highest BCUT2D eigenvalue weighted by Gasteiger charge is 2.10. The van der Waals surface area contributed by atoms with Crippen molar-refractivity contribution < 1.29 is 4.39 Å². The largest absolute Gasteiger partial charge is 0.313 e. The number of hydrogen-bond donors (Lipinski definition) is 1. The van der Waals surface area contributed by atoms with E-state index in [9.17, 15) is 4.39 Å². The van der Waals surface area contributed by atoms with Crippen LogP contribution in [0, 0.1) is 5.82 Å². The van der Waals surface area contributed by atoms with Crippen LogP contribution in [0.1, 0.15) is 12.5 Å². The molecule has 1 aromatic heterocycles. The molecule has 0 aliphatic heterocycles. The van der Waals surface area contributed by atoms with Crippen molar-refractivity contribution in [2.75, 3.05) is 6.54 Å². The van der Waals surface area contributed by atoms with Gasteiger partial charge in [0.25, 0.3) is 0 Å². The number of nitrogens with one attached hydrogen (secondary N) is 1. The Bertz CT molecular complexity index is 733. The Morgan fingerprint density at radius 2 is 2.00 bits per heavy atom. The monoisotopic (exact) mass is 285 g/mol. The van der Waals surface area contributed by atoms with Crippen LogP contribution in [0.2, 0.25) is 0 Å². The van der Waals surface area contributed by atoms with E-state index in [0.717, 1.165) is 29.8 Å². The molecule has 20 heavy (non-hydrogen) atoms. The van der Waals surface area contributed by atoms with Gasteiger partial charge in [0.1, 0.15) is 5.82 Å². The predicted octanol–water partition coefficient (Wildman–Crippen LogP) is 4.82. The maximum atomic E-state index is 13.7. The van der Waals surface area contributed by atoms with Gasteiger partial charge in [-0.2, -0.15) is 0 Å². The molecule has 0 fully saturated rings. The maximum absolute atomic E-state index is 13.7. The van der Waals surface area contributed by atoms with E-state index in [-0.39, 0.29) is 5.82 Å². The number of hydrogen-bond acceptors (Lipinski definition) is 2. The van der Waals surface area contributed by atoms with Crippen LogP contribution in [0.5, 0.6) is 0 Å². The SMILES string of the molecule is CCNCc1ccc(F)cc1-c1cccc2ccsc12. The second-order valence-electron chi connectivity index (χ2n) is 4.73. The summed E-state index contributed by atoms with van der Waals surface area (Å²) in [6.07, 6.45) is 0. The molecule has 0 atom stereocenters. The summed E-state index contributed by atoms with van der Waals surface area (Å²) < 4.78 is 14.9. The standard InChI is InChI=1S/C17H16FNS/c1-2-19-11-13-6-7-14(18)10-16(13)15-5-3-4-12-8-9-20-17(12)15/h3-10,19H,2,11H2,1H3. The zero-order chi connectivity index (χ0) is 13.9. The molecule has 0 aliphatic carbocycles. The summed E-state index contributed by atoms with van der Waals surface area (Å²) in [7, 11) is 0. The lowest BCUT2D eigenvalue weighted by molar-refractivity contribution is 0.626. The predicted molar refractivity (Wildman–Crippen MR) is 84.6 cm³/mol. The van der Waals surface area contributed by atoms with Gasteiger partial charge in [-0.15, -0.1) is 11.3 Å². The van der Waals surface area contributed by atoms with E-state index in [0.29, 0.717) is 0 Å². The fourth-order valence-corrected chi connectivity index (χ4v) is 3.35. The van der Waals surface area contributed by atoms with Gasteiger partial charge in [0.05, 0.1) is 0 Å². The summed E-state index contributed by atoms with van der Waals surface area (Å²) in [6, 6.07) is 13.4. The Morgan fingerprint density at radius 1 is 1.10 bits per heavy atom. The molecule has 0 amide bonds. The smallest absolute Gasteiger partial charge is 0.123 e. The summed E-state index contributed by atoms with van der Waals surface area (Å²) in [4.78, 5) is 0. The number of fused-ring (bicyclic) bond motifs is 1. The Balaban J connectivity index is 2.17. The Morgan fingerprint density at radius 3 is 2.85 bits per heavy atom. The first kappa shape index (κ1) is 13.3. The molecule has 102 valence electrons. The second kappa shape index (κ2) is 5.73. The van der Waals surface area contributed by atoms with Crippen molar-refractivity contribution in [3.63, 3.8) is 0 Å². The first-order valence-corrected chi connectivity index (χ1v) is 7.63. The zero-order valence-corrected chi connectivity index (χ0v) is 12.1. The highest BCUT2D eigenvalue weighted by atomic mass is 32.1. The number of benzene rings is 2. The third-order valence-electron chi connectivity index (χ3n) is 3.41. The van der Waals surface area contributed by atoms with Gasteiger partial charge in [-0.05, 0) is 52.2 Å². The molecule has 0 saturated carbocycles. The highest BCUT2D eigenvalue weighted by Crippen LogP contribution is 2.34. The van der Waals surface area contributed by atoms with Gasteiger partial charge < -0.3 is 5.32 Å². The molecule has 3 heteroatoms. The average Bonchev–Trinajstić information content (AvgIpc) is 2.94. The van der Waals surface area contributed by atoms with Crippen LogP contribution < -0.4 is 5.32 Å². The zero-order valence-electron chi connectivity index (χ0n) is 11.3. The van der Waals surface area contributed by atoms with Crippen LogP contribution in [0.25, 0.3) is 21.2 Å². The number of halogens is 1. The Hall–Kier alpha value is -1.71. The van der Waals surface area contributed by atoms with Crippen molar-refractivity contribution >= 4 is 21.4 Å². The molecule has 0 radical (unpaired) electrons. The van der Waals surface area contributed by atoms with Gasteiger partial charge >= 0.3 is 0 Å². The van der Waals surface area contributed by atoms with Gasteiger partial charge in [-0.1, -0.05) is 31.2 Å². The molecule has 1 nitrogen and oxygen atoms in total. The van der Waals surface area contributed by atoms with Crippen molar-refractivity contribution in [3.8, 4) is 11.1 Å². The van der Waals surface area contributed by atoms with E-state index in [2.05, 4.69) is 35.8 Å². The van der Waals surface area contributed by atoms with E-state index >= 15 is 0 Å². The topological polar surface area (TPSA) is 12.0 Å². The maximum Gasteiger partial charge on any atom is 0.123 e. The van der Waals surface area contributed by atoms with Crippen molar-refractivity contribution in [1.82, 2.24) is 5.32 Å². The van der Waals surface area contributed by atoms with Crippen LogP contribution in [0.3, 0.4) is 0 Å². The van der Waals surface area contributed by atoms with Crippen molar-refractivity contribution in [1.29, 1.82) is 0 Å². The quantitative estimate of drug-likeness (QED) is 0.725. The molecule has 0 bridgehead atoms. The minimum Gasteiger partial charge on any atom is -0.313 e. The molecule has 0 saturated heterocycles. The Labute approximate surface area is 122 Å². The fraction of sp³-hybridized carbons (Fsp3) is 0.176. The summed E-state index contributed by atoms with van der Waals surface area (Å²) in [5.74, 6) is -0.186. The molecule has 3 rings (SSSR count). The molecular formula is C17H16FNS. The number of rotatable bonds is 4. The normalized spacial score (nSPS) is 11.1. The molecule has 1 heterocycles. The Kier molecular flexibility index (Phi) is 3.81. The van der Waals surface area contributed by atoms with E-state index < -0.39 is 0 Å². The van der Waals surface area contributed by atoms with Gasteiger partial charge in [-0.25, -0.2) is 4.39 Å². The van der Waals surface area contributed by atoms with Gasteiger partial charge in [0.15, 0.2) is 0 Å². The van der Waals surface area contributed by atoms with Gasteiger partial charge in [-0.3, -0.25) is 0 Å². The van der Waals surface area contributed by atoms with Crippen molar-refractivity contribution in [2.24, 2.45) is 0 Å². The molecular weight excluding hydrogens is 269 g/mol. The summed E-state index contributed by atoms with van der Waals surface area (Å²) in [6.45, 7) is 3.73. The molecule has 3 aromatic rings. The van der Waals surface area contributed by atoms with Gasteiger partial charge in [0, 0.05) is 11.2 Å². The van der Waals surface area contributed by atoms with E-state index in [1.165, 1.54) is 16.2 Å². The van der Waals surface area contributed by atoms with Crippen LogP contribution in [-0.4, -0.2) is 6.54 Å². The second-order valence-corrected chi connectivity index (χ2v) is 5.64. The minimum absolute atomic E-state index is 0.186. The molecule has 0 aliphatic rings. The molecule has 0 unspecified atom stereocenters. The fourth-order valence-electron chi connectivity index (χ4n) is 2.42. The van der Waals surface area contributed by atoms with E-state index in [4.69, 9.17) is 0 Å². The van der Waals surface area contributed by atoms with Crippen LogP contribution >= 0.6 is 11.3 Å². The van der Waals surface area contributed by atoms with E-state index in [1.807, 2.05) is 12.1 Å². The summed E-state index contributed by atoms with van der Waals surface area (Å²) in [5.41, 5.74) is 3.23. The van der Waals surface area contributed by atoms with Crippen LogP contribution in [0.15, 0.2) is 47.8 Å². The van der Waals surface area contributed by atoms with Crippen LogP contribution in [-0.2, 0) is 6.54 Å². The lowest BCUT2D eigenvalue weighted by Crippen LogP contribution is -2.12. The minimum atomic E-state index is -0.186. The van der Waals surface area contributed by atoms with Crippen molar-refractivity contribution in [3.05, 3.63) is 59.2 Å². The van der Waals surface area contributed by atoms with Crippen LogP contribution in [0.4, 0.5) is 4.39 Å². The summed E-state index contributed by atoms with van der Waals surface area (Å²) in [5, 5.41) is 6.61. The lowest BCUT2D eigenvalue weighted by atomic mass is 9.98. The first-order chi connectivity index (χ1) is 9.79. The summed E-state index contributed by atoms with van der Waals surface area (Å²) >= 11 is 1.70. The third kappa shape index (κ3) is 2.47. The van der Waals surface area contributed by atoms with Crippen molar-refractivity contribution in [2.45, 2.75) is 13.5 Å². The first-order valence-electron chi connectivity index (χ1n) is 6.75. The third-order valence-corrected chi connectivity index (χ3v) is 4.37. The van der Waals surface area contributed by atoms with E-state index in [1.54, 1.807) is 17.4 Å². The molecule has 0 spiro atoms. The average molecular weight is 285 g/mol. The highest BCUT2D eigenvalue weighted by molar-refractivity contribution is 7.17. The van der Waals surface area contributed by atoms with Gasteiger partial charge in [0.2, 0.25) is 0 Å². The number of thiophene rings is 1. The molecule has 2 aromatic carbocycles.